The predicted molar refractivity (Wildman–Crippen MR) is 294 cm³/mol. The van der Waals surface area contributed by atoms with E-state index >= 15 is 0 Å². The van der Waals surface area contributed by atoms with Crippen molar-refractivity contribution in [2.45, 2.75) is 109 Å². The fourth-order valence-corrected chi connectivity index (χ4v) is 10.1. The third-order valence-electron chi connectivity index (χ3n) is 13.8. The minimum absolute atomic E-state index is 0.0428. The molecule has 2 aromatic heterocycles. The molecule has 1 fully saturated rings. The van der Waals surface area contributed by atoms with Crippen molar-refractivity contribution in [3.05, 3.63) is 137 Å². The molecule has 6 aromatic rings. The van der Waals surface area contributed by atoms with Gasteiger partial charge in [-0.1, -0.05) is 55.5 Å². The molecule has 1 saturated heterocycles. The van der Waals surface area contributed by atoms with Crippen molar-refractivity contribution in [1.82, 2.24) is 29.8 Å². The first-order chi connectivity index (χ1) is 38.7. The Labute approximate surface area is 462 Å². The molecule has 80 heavy (non-hydrogen) atoms. The summed E-state index contributed by atoms with van der Waals surface area (Å²) in [6, 6.07) is 26.4. The first kappa shape index (κ1) is 58.0. The van der Waals surface area contributed by atoms with E-state index in [9.17, 15) is 48.5 Å². The number of aromatic nitrogens is 4. The van der Waals surface area contributed by atoms with Crippen LogP contribution in [0.3, 0.4) is 0 Å². The second kappa shape index (κ2) is 27.7. The number of imide groups is 2. The second-order valence-electron chi connectivity index (χ2n) is 20.0. The zero-order chi connectivity index (χ0) is 56.7. The van der Waals surface area contributed by atoms with Crippen molar-refractivity contribution >= 4 is 46.9 Å². The molecule has 4 aromatic carbocycles. The number of aliphatic hydroxyl groups excluding tert-OH is 2. The molecule has 0 saturated carbocycles. The molecule has 422 valence electrons. The summed E-state index contributed by atoms with van der Waals surface area (Å²) in [5, 5.41) is 47.5. The van der Waals surface area contributed by atoms with Crippen LogP contribution in [0.2, 0.25) is 0 Å². The number of para-hydroxylation sites is 1. The Morgan fingerprint density at radius 1 is 0.812 bits per heavy atom. The number of carbonyl (C=O) groups excluding carboxylic acids is 5. The topological polar surface area (TPSA) is 266 Å². The highest BCUT2D eigenvalue weighted by molar-refractivity contribution is 6.25. The third kappa shape index (κ3) is 14.8. The summed E-state index contributed by atoms with van der Waals surface area (Å²) in [6.45, 7) is 6.78. The van der Waals surface area contributed by atoms with E-state index in [4.69, 9.17) is 14.2 Å². The van der Waals surface area contributed by atoms with Crippen LogP contribution in [0.5, 0.6) is 5.75 Å². The Balaban J connectivity index is 0.806. The first-order valence-electron chi connectivity index (χ1n) is 27.0. The van der Waals surface area contributed by atoms with Crippen molar-refractivity contribution in [2.24, 2.45) is 0 Å². The number of carboxylic acid groups (broad SMARTS) is 1. The van der Waals surface area contributed by atoms with Crippen LogP contribution in [-0.2, 0) is 43.4 Å². The lowest BCUT2D eigenvalue weighted by Gasteiger charge is -2.27. The molecule has 3 unspecified atom stereocenters. The molecule has 2 aliphatic rings. The molecule has 0 spiro atoms. The highest BCUT2D eigenvalue weighted by atomic mass is 19.1. The van der Waals surface area contributed by atoms with Crippen LogP contribution in [0, 0.1) is 5.82 Å². The standard InChI is InChI=1S/C59H67FN8O12/c1-37(2)54-53(57(75)62-41-12-5-3-6-13-41)51(55(38-18-20-40(60)21-19-38)67(54)26-24-43(69)34-44(70)35-50(72)73)39-11-9-15-45(33-39)80-28-8-4-7-14-42-36-66(65-64-42)27-30-79-32-31-78-29-25-61-47-17-10-16-46-52(47)59(77)68(58(46)76)48-22-23-49(71)63-56(48)74/h3,5-6,9-13,15-21,33,36-37,43-44,48,61,69-70H,4,7-8,14,22-32,34-35H2,1-2H3,(H,62,75)(H,72,73)(H,63,71,74). The maximum Gasteiger partial charge on any atom is 0.305 e. The normalized spacial score (nSPS) is 15.0. The van der Waals surface area contributed by atoms with Gasteiger partial charge >= 0.3 is 5.97 Å². The number of carbonyl (C=O) groups is 6. The number of aliphatic carboxylic acids is 1. The monoisotopic (exact) mass is 1100 g/mol. The van der Waals surface area contributed by atoms with Gasteiger partial charge in [0, 0.05) is 48.3 Å². The maximum atomic E-state index is 14.7. The van der Waals surface area contributed by atoms with E-state index < -0.39 is 60.1 Å². The number of piperidine rings is 1. The van der Waals surface area contributed by atoms with Crippen molar-refractivity contribution in [3.8, 4) is 28.1 Å². The van der Waals surface area contributed by atoms with E-state index in [0.717, 1.165) is 36.3 Å². The number of anilines is 2. The number of nitrogens with one attached hydrogen (secondary N) is 3. The third-order valence-corrected chi connectivity index (χ3v) is 13.8. The fourth-order valence-electron chi connectivity index (χ4n) is 10.1. The summed E-state index contributed by atoms with van der Waals surface area (Å²) in [5.74, 6) is -3.85. The van der Waals surface area contributed by atoms with E-state index in [-0.39, 0.29) is 55.2 Å². The minimum Gasteiger partial charge on any atom is -0.494 e. The van der Waals surface area contributed by atoms with Gasteiger partial charge in [0.25, 0.3) is 17.7 Å². The van der Waals surface area contributed by atoms with Gasteiger partial charge in [-0.3, -0.25) is 39.0 Å². The van der Waals surface area contributed by atoms with Gasteiger partial charge in [-0.05, 0) is 123 Å². The predicted octanol–water partition coefficient (Wildman–Crippen LogP) is 7.24. The Kier molecular flexibility index (Phi) is 20.1. The average molecular weight is 1100 g/mol. The van der Waals surface area contributed by atoms with Gasteiger partial charge < -0.3 is 44.7 Å². The summed E-state index contributed by atoms with van der Waals surface area (Å²) >= 11 is 0. The second-order valence-corrected chi connectivity index (χ2v) is 20.0. The molecule has 6 N–H and O–H groups in total. The molecule has 4 heterocycles. The van der Waals surface area contributed by atoms with Crippen LogP contribution in [0.25, 0.3) is 22.4 Å². The first-order valence-corrected chi connectivity index (χ1v) is 27.0. The molecule has 0 bridgehead atoms. The van der Waals surface area contributed by atoms with Crippen LogP contribution < -0.4 is 20.7 Å². The lowest BCUT2D eigenvalue weighted by Crippen LogP contribution is -2.54. The quantitative estimate of drug-likeness (QED) is 0.0192. The van der Waals surface area contributed by atoms with Crippen molar-refractivity contribution in [1.29, 1.82) is 0 Å². The van der Waals surface area contributed by atoms with Crippen molar-refractivity contribution in [2.75, 3.05) is 50.2 Å². The summed E-state index contributed by atoms with van der Waals surface area (Å²) < 4.78 is 36.0. The molecule has 20 nitrogen and oxygen atoms in total. The van der Waals surface area contributed by atoms with Crippen LogP contribution in [0.15, 0.2) is 103 Å². The molecule has 2 aliphatic heterocycles. The maximum absolute atomic E-state index is 14.7. The number of hydrogen-bond donors (Lipinski definition) is 6. The van der Waals surface area contributed by atoms with Gasteiger partial charge in [0.1, 0.15) is 17.6 Å². The van der Waals surface area contributed by atoms with E-state index in [1.807, 2.05) is 67.1 Å². The molecular weight excluding hydrogens is 1030 g/mol. The summed E-state index contributed by atoms with van der Waals surface area (Å²) in [6.07, 6.45) is 2.39. The Morgan fingerprint density at radius 3 is 2.33 bits per heavy atom. The Morgan fingerprint density at radius 2 is 1.57 bits per heavy atom. The van der Waals surface area contributed by atoms with E-state index in [2.05, 4.69) is 26.3 Å². The smallest absolute Gasteiger partial charge is 0.305 e. The number of amides is 5. The van der Waals surface area contributed by atoms with E-state index in [0.29, 0.717) is 96.9 Å². The fraction of sp³-hybridized carbons (Fsp3) is 0.390. The molecule has 8 rings (SSSR count). The number of carboxylic acids is 1. The number of aliphatic hydroxyl groups is 2. The number of benzene rings is 4. The number of rotatable bonds is 30. The molecule has 0 aliphatic carbocycles. The average Bonchev–Trinajstić information content (AvgIpc) is 4.20. The van der Waals surface area contributed by atoms with Crippen molar-refractivity contribution < 1.29 is 62.7 Å². The van der Waals surface area contributed by atoms with Gasteiger partial charge in [-0.25, -0.2) is 9.07 Å². The minimum atomic E-state index is -1.24. The largest absolute Gasteiger partial charge is 0.494 e. The zero-order valence-corrected chi connectivity index (χ0v) is 44.8. The summed E-state index contributed by atoms with van der Waals surface area (Å²) in [4.78, 5) is 77.3. The van der Waals surface area contributed by atoms with Gasteiger partial charge in [0.2, 0.25) is 11.8 Å². The number of ether oxygens (including phenoxy) is 3. The Hall–Kier alpha value is -8.11. The van der Waals surface area contributed by atoms with Gasteiger partial charge in [0.15, 0.2) is 0 Å². The zero-order valence-electron chi connectivity index (χ0n) is 44.8. The number of hydrogen-bond acceptors (Lipinski definition) is 14. The lowest BCUT2D eigenvalue weighted by atomic mass is 9.94. The summed E-state index contributed by atoms with van der Waals surface area (Å²) in [5.41, 5.74) is 5.89. The SMILES string of the molecule is CC(C)c1c(C(=O)Nc2ccccc2)c(-c2cccc(OCCCCCc3cn(CCOCCOCCNc4cccc5c4C(=O)N(C4CCC(=O)NC4=O)C5=O)nn3)c2)c(-c2ccc(F)cc2)n1CCC(O)CC(O)CC(=O)O. The van der Waals surface area contributed by atoms with Crippen LogP contribution in [0.4, 0.5) is 15.8 Å². The highest BCUT2D eigenvalue weighted by Gasteiger charge is 2.45. The van der Waals surface area contributed by atoms with E-state index in [1.54, 1.807) is 47.1 Å². The van der Waals surface area contributed by atoms with Gasteiger partial charge in [-0.15, -0.1) is 5.10 Å². The molecule has 5 amide bonds. The number of aryl methyl sites for hydroxylation is 1. The highest BCUT2D eigenvalue weighted by Crippen LogP contribution is 2.44. The number of unbranched alkanes of at least 4 members (excludes halogenated alkanes) is 2. The number of fused-ring (bicyclic) bond motifs is 1. The number of halogens is 1. The van der Waals surface area contributed by atoms with Crippen LogP contribution in [-0.4, -0.2) is 133 Å². The molecule has 3 atom stereocenters. The molecule has 21 heteroatoms. The van der Waals surface area contributed by atoms with Crippen molar-refractivity contribution in [3.63, 3.8) is 0 Å². The van der Waals surface area contributed by atoms with Gasteiger partial charge in [-0.2, -0.15) is 0 Å². The molecule has 0 radical (unpaired) electrons. The summed E-state index contributed by atoms with van der Waals surface area (Å²) in [7, 11) is 0. The lowest BCUT2D eigenvalue weighted by molar-refractivity contribution is -0.140. The van der Waals surface area contributed by atoms with E-state index in [1.165, 1.54) is 12.1 Å². The van der Waals surface area contributed by atoms with Crippen LogP contribution >= 0.6 is 0 Å². The molecular formula is C59H67FN8O12. The van der Waals surface area contributed by atoms with Gasteiger partial charge in [0.05, 0.1) is 86.3 Å². The van der Waals surface area contributed by atoms with Crippen LogP contribution in [0.1, 0.15) is 114 Å². The Bertz CT molecular complexity index is 3140. The number of nitrogens with zero attached hydrogens (tertiary/aromatic N) is 5.